The summed E-state index contributed by atoms with van der Waals surface area (Å²) in [6.07, 6.45) is 7.92. The Morgan fingerprint density at radius 1 is 1.45 bits per heavy atom. The van der Waals surface area contributed by atoms with E-state index in [9.17, 15) is 4.79 Å². The Balaban J connectivity index is 3.83. The van der Waals surface area contributed by atoms with Crippen molar-refractivity contribution in [3.8, 4) is 0 Å². The average Bonchev–Trinajstić information content (AvgIpc) is 1.87. The Bertz CT molecular complexity index is 197. The van der Waals surface area contributed by atoms with E-state index < -0.39 is 0 Å². The lowest BCUT2D eigenvalue weighted by molar-refractivity contribution is -0.116. The van der Waals surface area contributed by atoms with E-state index in [-0.39, 0.29) is 5.78 Å². The smallest absolute Gasteiger partial charge is 0.133 e. The van der Waals surface area contributed by atoms with E-state index in [2.05, 4.69) is 6.58 Å². The van der Waals surface area contributed by atoms with Gasteiger partial charge in [-0.3, -0.25) is 4.79 Å². The first-order valence-electron chi connectivity index (χ1n) is 3.62. The van der Waals surface area contributed by atoms with Crippen molar-refractivity contribution in [3.05, 3.63) is 36.5 Å². The van der Waals surface area contributed by atoms with Crippen LogP contribution in [0.25, 0.3) is 0 Å². The first kappa shape index (κ1) is 9.89. The van der Waals surface area contributed by atoms with Crippen LogP contribution < -0.4 is 0 Å². The molecule has 0 fully saturated rings. The minimum absolute atomic E-state index is 0.188. The maximum absolute atomic E-state index is 10.5. The maximum atomic E-state index is 10.5. The molecular weight excluding hydrogens is 136 g/mol. The van der Waals surface area contributed by atoms with Crippen molar-refractivity contribution in [2.75, 3.05) is 0 Å². The standard InChI is InChI=1S/C10H14O/c1-4-6-9(2)7-5-8-10(3)11/h4-7H,1,8H2,2-3H3. The first-order chi connectivity index (χ1) is 5.16. The molecule has 0 radical (unpaired) electrons. The van der Waals surface area contributed by atoms with E-state index in [4.69, 9.17) is 0 Å². The van der Waals surface area contributed by atoms with E-state index in [1.165, 1.54) is 0 Å². The molecule has 0 amide bonds. The molecule has 0 heterocycles. The van der Waals surface area contributed by atoms with Gasteiger partial charge >= 0.3 is 0 Å². The zero-order chi connectivity index (χ0) is 8.69. The number of allylic oxidation sites excluding steroid dienone is 5. The number of carbonyl (C=O) groups excluding carboxylic acids is 1. The van der Waals surface area contributed by atoms with Crippen LogP contribution in [0.5, 0.6) is 0 Å². The van der Waals surface area contributed by atoms with Crippen molar-refractivity contribution in [2.24, 2.45) is 0 Å². The minimum Gasteiger partial charge on any atom is -0.300 e. The van der Waals surface area contributed by atoms with E-state index in [0.29, 0.717) is 6.42 Å². The Hall–Kier alpha value is -1.11. The topological polar surface area (TPSA) is 17.1 Å². The molecule has 1 nitrogen and oxygen atoms in total. The highest BCUT2D eigenvalue weighted by molar-refractivity contribution is 5.77. The SMILES string of the molecule is C=CC=C(C)C=CCC(C)=O. The van der Waals surface area contributed by atoms with E-state index in [1.807, 2.05) is 25.2 Å². The van der Waals surface area contributed by atoms with Crippen LogP contribution in [0, 0.1) is 0 Å². The third kappa shape index (κ3) is 6.78. The molecule has 0 rings (SSSR count). The summed E-state index contributed by atoms with van der Waals surface area (Å²) in [5.41, 5.74) is 1.11. The number of ketones is 1. The number of Topliss-reactive ketones (excluding diaryl/α,β-unsaturated/α-hetero) is 1. The summed E-state index contributed by atoms with van der Waals surface area (Å²) in [6.45, 7) is 7.12. The lowest BCUT2D eigenvalue weighted by Crippen LogP contribution is -1.83. The van der Waals surface area contributed by atoms with Gasteiger partial charge in [0.25, 0.3) is 0 Å². The molecule has 0 aromatic carbocycles. The Kier molecular flexibility index (Phi) is 5.09. The van der Waals surface area contributed by atoms with E-state index in [1.54, 1.807) is 13.0 Å². The molecule has 0 N–H and O–H groups in total. The molecule has 0 saturated carbocycles. The molecule has 0 aliphatic carbocycles. The molecule has 0 atom stereocenters. The molecule has 1 heteroatoms. The van der Waals surface area contributed by atoms with Crippen molar-refractivity contribution in [3.63, 3.8) is 0 Å². The number of rotatable bonds is 4. The van der Waals surface area contributed by atoms with Crippen LogP contribution in [0.3, 0.4) is 0 Å². The molecule has 0 bridgehead atoms. The highest BCUT2D eigenvalue weighted by atomic mass is 16.1. The second-order valence-corrected chi connectivity index (χ2v) is 2.45. The summed E-state index contributed by atoms with van der Waals surface area (Å²) >= 11 is 0. The second-order valence-electron chi connectivity index (χ2n) is 2.45. The van der Waals surface area contributed by atoms with Crippen molar-refractivity contribution in [1.29, 1.82) is 0 Å². The molecule has 0 aromatic heterocycles. The fraction of sp³-hybridized carbons (Fsp3) is 0.300. The maximum Gasteiger partial charge on any atom is 0.133 e. The van der Waals surface area contributed by atoms with E-state index >= 15 is 0 Å². The molecule has 60 valence electrons. The molecule has 0 aliphatic rings. The van der Waals surface area contributed by atoms with Crippen molar-refractivity contribution >= 4 is 5.78 Å². The van der Waals surface area contributed by atoms with Crippen LogP contribution >= 0.6 is 0 Å². The van der Waals surface area contributed by atoms with Gasteiger partial charge in [0.15, 0.2) is 0 Å². The van der Waals surface area contributed by atoms with Gasteiger partial charge in [0.05, 0.1) is 0 Å². The first-order valence-corrected chi connectivity index (χ1v) is 3.62. The van der Waals surface area contributed by atoms with Gasteiger partial charge in [-0.2, -0.15) is 0 Å². The summed E-state index contributed by atoms with van der Waals surface area (Å²) in [5.74, 6) is 0.188. The van der Waals surface area contributed by atoms with Gasteiger partial charge in [0.2, 0.25) is 0 Å². The summed E-state index contributed by atoms with van der Waals surface area (Å²) in [7, 11) is 0. The second kappa shape index (κ2) is 5.66. The van der Waals surface area contributed by atoms with Crippen molar-refractivity contribution < 1.29 is 4.79 Å². The Labute approximate surface area is 68.1 Å². The monoisotopic (exact) mass is 150 g/mol. The Morgan fingerprint density at radius 2 is 2.09 bits per heavy atom. The zero-order valence-electron chi connectivity index (χ0n) is 7.13. The fourth-order valence-electron chi connectivity index (χ4n) is 0.652. The van der Waals surface area contributed by atoms with Gasteiger partial charge < -0.3 is 0 Å². The summed E-state index contributed by atoms with van der Waals surface area (Å²) in [4.78, 5) is 10.5. The highest BCUT2D eigenvalue weighted by Gasteiger charge is 1.85. The average molecular weight is 150 g/mol. The molecule has 0 spiro atoms. The van der Waals surface area contributed by atoms with Gasteiger partial charge in [0, 0.05) is 6.42 Å². The predicted octanol–water partition coefficient (Wildman–Crippen LogP) is 2.65. The lowest BCUT2D eigenvalue weighted by atomic mass is 10.2. The minimum atomic E-state index is 0.188. The summed E-state index contributed by atoms with van der Waals surface area (Å²) in [6, 6.07) is 0. The van der Waals surface area contributed by atoms with Crippen LogP contribution in [0.2, 0.25) is 0 Å². The van der Waals surface area contributed by atoms with E-state index in [0.717, 1.165) is 5.57 Å². The largest absolute Gasteiger partial charge is 0.300 e. The third-order valence-electron chi connectivity index (χ3n) is 1.17. The quantitative estimate of drug-likeness (QED) is 0.563. The van der Waals surface area contributed by atoms with Crippen LogP contribution in [0.4, 0.5) is 0 Å². The molecule has 0 saturated heterocycles. The van der Waals surface area contributed by atoms with Crippen molar-refractivity contribution in [1.82, 2.24) is 0 Å². The van der Waals surface area contributed by atoms with Crippen LogP contribution in [0.1, 0.15) is 20.3 Å². The van der Waals surface area contributed by atoms with Crippen LogP contribution in [-0.4, -0.2) is 5.78 Å². The normalized spacial score (nSPS) is 12.0. The van der Waals surface area contributed by atoms with Gasteiger partial charge in [-0.05, 0) is 13.8 Å². The van der Waals surface area contributed by atoms with Gasteiger partial charge in [-0.1, -0.05) is 36.5 Å². The van der Waals surface area contributed by atoms with Gasteiger partial charge in [-0.25, -0.2) is 0 Å². The molecule has 0 aromatic rings. The fourth-order valence-corrected chi connectivity index (χ4v) is 0.652. The zero-order valence-corrected chi connectivity index (χ0v) is 7.13. The lowest BCUT2D eigenvalue weighted by Gasteiger charge is -1.87. The van der Waals surface area contributed by atoms with Crippen molar-refractivity contribution in [2.45, 2.75) is 20.3 Å². The summed E-state index contributed by atoms with van der Waals surface area (Å²) in [5, 5.41) is 0. The molecular formula is C10H14O. The molecule has 11 heavy (non-hydrogen) atoms. The Morgan fingerprint density at radius 3 is 2.55 bits per heavy atom. The predicted molar refractivity (Wildman–Crippen MR) is 48.4 cm³/mol. The summed E-state index contributed by atoms with van der Waals surface area (Å²) < 4.78 is 0. The van der Waals surface area contributed by atoms with Gasteiger partial charge in [-0.15, -0.1) is 0 Å². The third-order valence-corrected chi connectivity index (χ3v) is 1.17. The molecule has 0 aliphatic heterocycles. The molecule has 0 unspecified atom stereocenters. The van der Waals surface area contributed by atoms with Crippen LogP contribution in [0.15, 0.2) is 36.5 Å². The number of hydrogen-bond donors (Lipinski definition) is 0. The number of carbonyl (C=O) groups is 1. The number of hydrogen-bond acceptors (Lipinski definition) is 1. The van der Waals surface area contributed by atoms with Gasteiger partial charge in [0.1, 0.15) is 5.78 Å². The van der Waals surface area contributed by atoms with Crippen LogP contribution in [-0.2, 0) is 4.79 Å². The highest BCUT2D eigenvalue weighted by Crippen LogP contribution is 1.96.